The van der Waals surface area contributed by atoms with Crippen molar-refractivity contribution >= 4 is 5.91 Å². The van der Waals surface area contributed by atoms with Crippen LogP contribution in [0.4, 0.5) is 0 Å². The quantitative estimate of drug-likeness (QED) is 0.857. The van der Waals surface area contributed by atoms with E-state index in [0.717, 1.165) is 57.1 Å². The first-order valence-corrected chi connectivity index (χ1v) is 9.15. The smallest absolute Gasteiger partial charge is 0.257 e. The first-order chi connectivity index (χ1) is 12.0. The van der Waals surface area contributed by atoms with Gasteiger partial charge in [0.1, 0.15) is 11.5 Å². The van der Waals surface area contributed by atoms with Crippen LogP contribution in [0.25, 0.3) is 0 Å². The molecule has 0 atom stereocenters. The molecule has 0 spiro atoms. The van der Waals surface area contributed by atoms with Crippen molar-refractivity contribution in [2.45, 2.75) is 39.7 Å². The molecule has 0 aromatic carbocycles. The molecule has 3 heterocycles. The van der Waals surface area contributed by atoms with E-state index in [1.165, 1.54) is 23.4 Å². The third-order valence-electron chi connectivity index (χ3n) is 5.50. The molecule has 6 nitrogen and oxygen atoms in total. The number of amides is 1. The lowest BCUT2D eigenvalue weighted by atomic mass is 10.1. The number of rotatable bonds is 3. The molecule has 6 heteroatoms. The summed E-state index contributed by atoms with van der Waals surface area (Å²) in [6.45, 7) is 8.02. The van der Waals surface area contributed by atoms with Crippen LogP contribution in [-0.4, -0.2) is 51.7 Å². The van der Waals surface area contributed by atoms with Gasteiger partial charge >= 0.3 is 0 Å². The van der Waals surface area contributed by atoms with Gasteiger partial charge in [0, 0.05) is 39.8 Å². The second-order valence-corrected chi connectivity index (χ2v) is 7.24. The Morgan fingerprint density at radius 1 is 1.20 bits per heavy atom. The average Bonchev–Trinajstić information content (AvgIpc) is 3.25. The molecule has 1 aliphatic heterocycles. The van der Waals surface area contributed by atoms with E-state index < -0.39 is 0 Å². The lowest BCUT2D eigenvalue weighted by Crippen LogP contribution is -2.48. The number of fused-ring (bicyclic) bond motifs is 1. The summed E-state index contributed by atoms with van der Waals surface area (Å²) >= 11 is 0. The van der Waals surface area contributed by atoms with E-state index in [1.807, 2.05) is 24.8 Å². The first-order valence-electron chi connectivity index (χ1n) is 9.15. The maximum atomic E-state index is 12.7. The van der Waals surface area contributed by atoms with Gasteiger partial charge in [-0.05, 0) is 44.7 Å². The predicted octanol–water partition coefficient (Wildman–Crippen LogP) is 2.08. The van der Waals surface area contributed by atoms with Crippen LogP contribution in [0.3, 0.4) is 0 Å². The highest BCUT2D eigenvalue weighted by atomic mass is 16.3. The minimum atomic E-state index is 0.0930. The van der Waals surface area contributed by atoms with Gasteiger partial charge in [0.25, 0.3) is 5.91 Å². The fourth-order valence-electron chi connectivity index (χ4n) is 4.12. The van der Waals surface area contributed by atoms with Crippen LogP contribution in [0.2, 0.25) is 0 Å². The highest BCUT2D eigenvalue weighted by molar-refractivity contribution is 5.95. The minimum Gasteiger partial charge on any atom is -0.466 e. The van der Waals surface area contributed by atoms with Crippen LogP contribution in [-0.2, 0) is 26.4 Å². The van der Waals surface area contributed by atoms with E-state index in [4.69, 9.17) is 4.42 Å². The standard InChI is InChI=1S/C19H26N4O2/c1-13-11-16(14(2)25-13)19(24)23-9-7-22(8-10-23)12-18-15-5-4-6-17(15)20-21(18)3/h11H,4-10,12H2,1-3H3. The van der Waals surface area contributed by atoms with Crippen LogP contribution in [0.5, 0.6) is 0 Å². The van der Waals surface area contributed by atoms with Crippen LogP contribution in [0, 0.1) is 13.8 Å². The molecule has 1 aliphatic carbocycles. The lowest BCUT2D eigenvalue weighted by Gasteiger charge is -2.34. The molecule has 1 fully saturated rings. The van der Waals surface area contributed by atoms with Crippen LogP contribution in [0.1, 0.15) is 45.3 Å². The van der Waals surface area contributed by atoms with Gasteiger partial charge in [-0.1, -0.05) is 0 Å². The molecule has 134 valence electrons. The molecule has 2 aromatic heterocycles. The normalized spacial score (nSPS) is 18.0. The molecule has 0 bridgehead atoms. The zero-order valence-electron chi connectivity index (χ0n) is 15.3. The van der Waals surface area contributed by atoms with E-state index in [2.05, 4.69) is 21.7 Å². The largest absolute Gasteiger partial charge is 0.466 e. The number of aryl methyl sites for hydroxylation is 4. The molecule has 1 saturated heterocycles. The number of nitrogens with zero attached hydrogens (tertiary/aromatic N) is 4. The van der Waals surface area contributed by atoms with E-state index in [0.29, 0.717) is 5.56 Å². The Hall–Kier alpha value is -2.08. The fraction of sp³-hybridized carbons (Fsp3) is 0.579. The van der Waals surface area contributed by atoms with Crippen molar-refractivity contribution < 1.29 is 9.21 Å². The van der Waals surface area contributed by atoms with Crippen LogP contribution in [0.15, 0.2) is 10.5 Å². The first kappa shape index (κ1) is 16.4. The molecule has 25 heavy (non-hydrogen) atoms. The second kappa shape index (κ2) is 6.33. The lowest BCUT2D eigenvalue weighted by molar-refractivity contribution is 0.0623. The SMILES string of the molecule is Cc1cc(C(=O)N2CCN(Cc3c4c(nn3C)CCC4)CC2)c(C)o1. The number of hydrogen-bond donors (Lipinski definition) is 0. The Kier molecular flexibility index (Phi) is 4.15. The van der Waals surface area contributed by atoms with Crippen LogP contribution < -0.4 is 0 Å². The number of furan rings is 1. The summed E-state index contributed by atoms with van der Waals surface area (Å²) in [5.41, 5.74) is 4.81. The van der Waals surface area contributed by atoms with Gasteiger partial charge in [-0.15, -0.1) is 0 Å². The molecule has 0 unspecified atom stereocenters. The molecular weight excluding hydrogens is 316 g/mol. The molecule has 1 amide bonds. The third kappa shape index (κ3) is 2.99. The highest BCUT2D eigenvalue weighted by Gasteiger charge is 2.27. The number of hydrogen-bond acceptors (Lipinski definition) is 4. The van der Waals surface area contributed by atoms with Gasteiger partial charge in [-0.3, -0.25) is 14.4 Å². The minimum absolute atomic E-state index is 0.0930. The van der Waals surface area contributed by atoms with Gasteiger partial charge < -0.3 is 9.32 Å². The monoisotopic (exact) mass is 342 g/mol. The Balaban J connectivity index is 1.39. The summed E-state index contributed by atoms with van der Waals surface area (Å²) in [7, 11) is 2.05. The Morgan fingerprint density at radius 3 is 2.64 bits per heavy atom. The van der Waals surface area contributed by atoms with Crippen molar-refractivity contribution in [3.63, 3.8) is 0 Å². The summed E-state index contributed by atoms with van der Waals surface area (Å²) in [5, 5.41) is 4.67. The summed E-state index contributed by atoms with van der Waals surface area (Å²) in [6, 6.07) is 1.85. The van der Waals surface area contributed by atoms with Crippen molar-refractivity contribution in [3.05, 3.63) is 40.1 Å². The maximum Gasteiger partial charge on any atom is 0.257 e. The van der Waals surface area contributed by atoms with Gasteiger partial charge in [0.05, 0.1) is 17.0 Å². The Morgan fingerprint density at radius 2 is 1.96 bits per heavy atom. The van der Waals surface area contributed by atoms with Gasteiger partial charge in [-0.25, -0.2) is 0 Å². The van der Waals surface area contributed by atoms with Gasteiger partial charge in [0.15, 0.2) is 0 Å². The molecular formula is C19H26N4O2. The number of aromatic nitrogens is 2. The average molecular weight is 342 g/mol. The Labute approximate surface area is 148 Å². The molecule has 2 aromatic rings. The predicted molar refractivity (Wildman–Crippen MR) is 94.6 cm³/mol. The van der Waals surface area contributed by atoms with Crippen LogP contribution >= 0.6 is 0 Å². The van der Waals surface area contributed by atoms with Gasteiger partial charge in [0.2, 0.25) is 0 Å². The van der Waals surface area contributed by atoms with E-state index in [-0.39, 0.29) is 5.91 Å². The van der Waals surface area contributed by atoms with Crippen molar-refractivity contribution in [1.29, 1.82) is 0 Å². The summed E-state index contributed by atoms with van der Waals surface area (Å²) < 4.78 is 7.56. The Bertz CT molecular complexity index is 797. The maximum absolute atomic E-state index is 12.7. The van der Waals surface area contributed by atoms with E-state index in [9.17, 15) is 4.79 Å². The number of carbonyl (C=O) groups excluding carboxylic acids is 1. The zero-order chi connectivity index (χ0) is 17.6. The molecule has 0 radical (unpaired) electrons. The van der Waals surface area contributed by atoms with Crippen molar-refractivity contribution in [2.75, 3.05) is 26.2 Å². The third-order valence-corrected chi connectivity index (χ3v) is 5.50. The fourth-order valence-corrected chi connectivity index (χ4v) is 4.12. The van der Waals surface area contributed by atoms with Crippen molar-refractivity contribution in [1.82, 2.24) is 19.6 Å². The topological polar surface area (TPSA) is 54.5 Å². The molecule has 4 rings (SSSR count). The number of piperazine rings is 1. The molecule has 0 saturated carbocycles. The zero-order valence-corrected chi connectivity index (χ0v) is 15.3. The van der Waals surface area contributed by atoms with Crippen molar-refractivity contribution in [2.24, 2.45) is 7.05 Å². The molecule has 0 N–H and O–H groups in total. The number of carbonyl (C=O) groups is 1. The summed E-state index contributed by atoms with van der Waals surface area (Å²) in [5.74, 6) is 1.61. The van der Waals surface area contributed by atoms with E-state index >= 15 is 0 Å². The summed E-state index contributed by atoms with van der Waals surface area (Å²) in [6.07, 6.45) is 3.52. The highest BCUT2D eigenvalue weighted by Crippen LogP contribution is 2.25. The van der Waals surface area contributed by atoms with Crippen molar-refractivity contribution in [3.8, 4) is 0 Å². The van der Waals surface area contributed by atoms with Gasteiger partial charge in [-0.2, -0.15) is 5.10 Å². The van der Waals surface area contributed by atoms with E-state index in [1.54, 1.807) is 0 Å². The second-order valence-electron chi connectivity index (χ2n) is 7.24. The summed E-state index contributed by atoms with van der Waals surface area (Å²) in [4.78, 5) is 17.1. The molecule has 2 aliphatic rings.